The molecule has 40 heavy (non-hydrogen) atoms. The van der Waals surface area contributed by atoms with Crippen molar-refractivity contribution in [1.82, 2.24) is 0 Å². The van der Waals surface area contributed by atoms with E-state index >= 15 is 0 Å². The van der Waals surface area contributed by atoms with Crippen molar-refractivity contribution in [2.24, 2.45) is 0 Å². The molecule has 0 aliphatic carbocycles. The normalized spacial score (nSPS) is 11.5. The summed E-state index contributed by atoms with van der Waals surface area (Å²) in [4.78, 5) is 0. The minimum atomic E-state index is 0.876. The third-order valence-corrected chi connectivity index (χ3v) is 7.74. The number of hydrogen-bond donors (Lipinski definition) is 0. The SMILES string of the molecule is c1ccc(-c2ccccc2-c2oc(-c3ccccc3-c3ccc4oc5ccccc5c4c3)c3ccccc23)cc1. The maximum Gasteiger partial charge on any atom is 0.143 e. The van der Waals surface area contributed by atoms with Gasteiger partial charge in [0, 0.05) is 32.7 Å². The van der Waals surface area contributed by atoms with E-state index in [2.05, 4.69) is 127 Å². The van der Waals surface area contributed by atoms with Crippen molar-refractivity contribution < 1.29 is 8.83 Å². The molecule has 0 unspecified atom stereocenters. The molecule has 8 aromatic rings. The quantitative estimate of drug-likeness (QED) is 0.234. The zero-order valence-electron chi connectivity index (χ0n) is 21.7. The molecule has 0 saturated heterocycles. The topological polar surface area (TPSA) is 26.3 Å². The lowest BCUT2D eigenvalue weighted by molar-refractivity contribution is 0.602. The average Bonchev–Trinajstić information content (AvgIpc) is 3.60. The molecule has 0 atom stereocenters. The molecular formula is C38H24O2. The summed E-state index contributed by atoms with van der Waals surface area (Å²) in [5.41, 5.74) is 8.51. The summed E-state index contributed by atoms with van der Waals surface area (Å²) in [5, 5.41) is 4.44. The predicted molar refractivity (Wildman–Crippen MR) is 165 cm³/mol. The maximum absolute atomic E-state index is 6.89. The number of hydrogen-bond acceptors (Lipinski definition) is 2. The Balaban J connectivity index is 1.35. The van der Waals surface area contributed by atoms with Gasteiger partial charge in [0.25, 0.3) is 0 Å². The van der Waals surface area contributed by atoms with Gasteiger partial charge >= 0.3 is 0 Å². The van der Waals surface area contributed by atoms with Gasteiger partial charge in [-0.15, -0.1) is 0 Å². The molecule has 6 aromatic carbocycles. The third-order valence-electron chi connectivity index (χ3n) is 7.74. The molecule has 0 radical (unpaired) electrons. The van der Waals surface area contributed by atoms with Crippen LogP contribution >= 0.6 is 0 Å². The van der Waals surface area contributed by atoms with Crippen LogP contribution in [-0.4, -0.2) is 0 Å². The van der Waals surface area contributed by atoms with Crippen LogP contribution in [0.2, 0.25) is 0 Å². The lowest BCUT2D eigenvalue weighted by Gasteiger charge is -2.10. The highest BCUT2D eigenvalue weighted by Gasteiger charge is 2.21. The van der Waals surface area contributed by atoms with E-state index in [1.165, 1.54) is 5.56 Å². The summed E-state index contributed by atoms with van der Waals surface area (Å²) in [6, 6.07) is 50.6. The molecule has 0 bridgehead atoms. The van der Waals surface area contributed by atoms with Crippen molar-refractivity contribution in [1.29, 1.82) is 0 Å². The lowest BCUT2D eigenvalue weighted by Crippen LogP contribution is -1.84. The first-order valence-corrected chi connectivity index (χ1v) is 13.5. The number of furan rings is 2. The van der Waals surface area contributed by atoms with Crippen molar-refractivity contribution in [2.75, 3.05) is 0 Å². The van der Waals surface area contributed by atoms with Crippen LogP contribution in [0.25, 0.3) is 77.6 Å². The van der Waals surface area contributed by atoms with Gasteiger partial charge in [0.1, 0.15) is 22.7 Å². The highest BCUT2D eigenvalue weighted by molar-refractivity contribution is 6.09. The molecule has 0 N–H and O–H groups in total. The van der Waals surface area contributed by atoms with Crippen LogP contribution in [0.15, 0.2) is 154 Å². The van der Waals surface area contributed by atoms with E-state index in [1.54, 1.807) is 0 Å². The van der Waals surface area contributed by atoms with Gasteiger partial charge < -0.3 is 8.83 Å². The number of rotatable bonds is 4. The Morgan fingerprint density at radius 3 is 1.48 bits per heavy atom. The van der Waals surface area contributed by atoms with E-state index in [0.29, 0.717) is 0 Å². The molecule has 2 heterocycles. The molecule has 0 fully saturated rings. The van der Waals surface area contributed by atoms with E-state index in [4.69, 9.17) is 8.83 Å². The molecule has 2 nitrogen and oxygen atoms in total. The standard InChI is InChI=1S/C38H24O2/c1-2-12-25(13-3-1)27-14-4-6-17-30(27)37-32-19-8-9-20-33(32)38(40-37)31-18-7-5-15-28(31)26-22-23-36-34(24-26)29-16-10-11-21-35(29)39-36/h1-24H. The fraction of sp³-hybridized carbons (Fsp3) is 0. The second-order valence-electron chi connectivity index (χ2n) is 10.1. The van der Waals surface area contributed by atoms with Crippen molar-refractivity contribution in [3.8, 4) is 44.9 Å². The van der Waals surface area contributed by atoms with Crippen LogP contribution in [-0.2, 0) is 0 Å². The van der Waals surface area contributed by atoms with Crippen LogP contribution < -0.4 is 0 Å². The van der Waals surface area contributed by atoms with Gasteiger partial charge in [0.15, 0.2) is 0 Å². The molecule has 0 aliphatic heterocycles. The average molecular weight is 513 g/mol. The van der Waals surface area contributed by atoms with Crippen LogP contribution in [0.3, 0.4) is 0 Å². The predicted octanol–water partition coefficient (Wildman–Crippen LogP) is 11.0. The smallest absolute Gasteiger partial charge is 0.143 e. The third kappa shape index (κ3) is 3.58. The molecule has 2 aromatic heterocycles. The summed E-state index contributed by atoms with van der Waals surface area (Å²) < 4.78 is 13.0. The Kier molecular flexibility index (Phi) is 5.17. The van der Waals surface area contributed by atoms with Gasteiger partial charge in [-0.25, -0.2) is 0 Å². The zero-order chi connectivity index (χ0) is 26.5. The first-order chi connectivity index (χ1) is 19.8. The zero-order valence-corrected chi connectivity index (χ0v) is 21.7. The summed E-state index contributed by atoms with van der Waals surface area (Å²) in [6.45, 7) is 0. The van der Waals surface area contributed by atoms with Crippen molar-refractivity contribution in [3.05, 3.63) is 146 Å². The van der Waals surface area contributed by atoms with E-state index < -0.39 is 0 Å². The molecule has 0 amide bonds. The molecular weight excluding hydrogens is 488 g/mol. The van der Waals surface area contributed by atoms with Crippen molar-refractivity contribution >= 4 is 32.7 Å². The molecule has 0 saturated carbocycles. The lowest BCUT2D eigenvalue weighted by atomic mass is 9.94. The first-order valence-electron chi connectivity index (χ1n) is 13.5. The molecule has 8 rings (SSSR count). The van der Waals surface area contributed by atoms with Crippen LogP contribution in [0.5, 0.6) is 0 Å². The Morgan fingerprint density at radius 2 is 0.800 bits per heavy atom. The Labute approximate surface area is 231 Å². The van der Waals surface area contributed by atoms with E-state index in [9.17, 15) is 0 Å². The van der Waals surface area contributed by atoms with Crippen LogP contribution in [0.1, 0.15) is 0 Å². The fourth-order valence-electron chi connectivity index (χ4n) is 5.87. The van der Waals surface area contributed by atoms with E-state index in [0.717, 1.165) is 72.0 Å². The second kappa shape index (κ2) is 9.14. The van der Waals surface area contributed by atoms with Crippen LogP contribution in [0.4, 0.5) is 0 Å². The second-order valence-corrected chi connectivity index (χ2v) is 10.1. The highest BCUT2D eigenvalue weighted by Crippen LogP contribution is 2.45. The van der Waals surface area contributed by atoms with Crippen LogP contribution in [0, 0.1) is 0 Å². The summed E-state index contributed by atoms with van der Waals surface area (Å²) in [5.74, 6) is 1.76. The minimum Gasteiger partial charge on any atom is -0.456 e. The first kappa shape index (κ1) is 22.6. The Hall–Kier alpha value is -5.34. The Morgan fingerprint density at radius 1 is 0.300 bits per heavy atom. The summed E-state index contributed by atoms with van der Waals surface area (Å²) in [6.07, 6.45) is 0. The molecule has 188 valence electrons. The van der Waals surface area contributed by atoms with Gasteiger partial charge in [-0.05, 0) is 40.5 Å². The molecule has 0 spiro atoms. The van der Waals surface area contributed by atoms with Crippen molar-refractivity contribution in [2.45, 2.75) is 0 Å². The highest BCUT2D eigenvalue weighted by atomic mass is 16.3. The molecule has 2 heteroatoms. The largest absolute Gasteiger partial charge is 0.456 e. The van der Waals surface area contributed by atoms with Gasteiger partial charge in [0.05, 0.1) is 0 Å². The van der Waals surface area contributed by atoms with Crippen molar-refractivity contribution in [3.63, 3.8) is 0 Å². The van der Waals surface area contributed by atoms with Gasteiger partial charge in [0.2, 0.25) is 0 Å². The Bertz CT molecular complexity index is 2160. The number of benzene rings is 6. The van der Waals surface area contributed by atoms with E-state index in [1.807, 2.05) is 18.2 Å². The monoisotopic (exact) mass is 512 g/mol. The molecule has 0 aliphatic rings. The summed E-state index contributed by atoms with van der Waals surface area (Å²) in [7, 11) is 0. The van der Waals surface area contributed by atoms with E-state index in [-0.39, 0.29) is 0 Å². The number of para-hydroxylation sites is 1. The van der Waals surface area contributed by atoms with Gasteiger partial charge in [-0.3, -0.25) is 0 Å². The maximum atomic E-state index is 6.89. The van der Waals surface area contributed by atoms with Gasteiger partial charge in [-0.2, -0.15) is 0 Å². The van der Waals surface area contributed by atoms with Gasteiger partial charge in [-0.1, -0.05) is 127 Å². The summed E-state index contributed by atoms with van der Waals surface area (Å²) >= 11 is 0. The number of fused-ring (bicyclic) bond motifs is 4. The minimum absolute atomic E-state index is 0.876. The fourth-order valence-corrected chi connectivity index (χ4v) is 5.87.